The van der Waals surface area contributed by atoms with Gasteiger partial charge in [-0.3, -0.25) is 0 Å². The van der Waals surface area contributed by atoms with Gasteiger partial charge in [-0.15, -0.1) is 0 Å². The summed E-state index contributed by atoms with van der Waals surface area (Å²) in [6, 6.07) is -0.0996. The second-order valence-corrected chi connectivity index (χ2v) is 5.86. The Labute approximate surface area is 105 Å². The van der Waals surface area contributed by atoms with Gasteiger partial charge in [0.25, 0.3) is 0 Å². The molecule has 3 unspecified atom stereocenters. The first-order chi connectivity index (χ1) is 8.22. The molecule has 3 heteroatoms. The largest absolute Gasteiger partial charge is 0.389 e. The Hall–Kier alpha value is -0.120. The first kappa shape index (κ1) is 13.3. The highest BCUT2D eigenvalue weighted by atomic mass is 16.5. The lowest BCUT2D eigenvalue weighted by atomic mass is 9.81. The van der Waals surface area contributed by atoms with Crippen molar-refractivity contribution in [3.8, 4) is 0 Å². The van der Waals surface area contributed by atoms with Crippen LogP contribution in [-0.2, 0) is 4.74 Å². The van der Waals surface area contributed by atoms with Gasteiger partial charge < -0.3 is 15.6 Å². The first-order valence-electron chi connectivity index (χ1n) is 7.27. The molecule has 1 saturated carbocycles. The van der Waals surface area contributed by atoms with E-state index in [0.29, 0.717) is 5.92 Å². The van der Waals surface area contributed by atoms with Gasteiger partial charge in [-0.05, 0) is 18.8 Å². The van der Waals surface area contributed by atoms with Crippen LogP contribution in [0.25, 0.3) is 0 Å². The van der Waals surface area contributed by atoms with Crippen LogP contribution in [0.1, 0.15) is 51.9 Å². The van der Waals surface area contributed by atoms with Crippen LogP contribution in [0.2, 0.25) is 0 Å². The second-order valence-electron chi connectivity index (χ2n) is 5.86. The topological polar surface area (TPSA) is 55.5 Å². The summed E-state index contributed by atoms with van der Waals surface area (Å²) < 4.78 is 5.48. The summed E-state index contributed by atoms with van der Waals surface area (Å²) in [5, 5.41) is 10.2. The van der Waals surface area contributed by atoms with Crippen LogP contribution in [0.15, 0.2) is 0 Å². The Morgan fingerprint density at radius 1 is 1.29 bits per heavy atom. The molecule has 2 rings (SSSR count). The number of hydrogen-bond acceptors (Lipinski definition) is 3. The Morgan fingerprint density at radius 2 is 2.00 bits per heavy atom. The molecule has 1 aliphatic heterocycles. The molecule has 3 nitrogen and oxygen atoms in total. The van der Waals surface area contributed by atoms with E-state index in [1.807, 2.05) is 0 Å². The van der Waals surface area contributed by atoms with Gasteiger partial charge in [0.05, 0.1) is 18.8 Å². The third kappa shape index (κ3) is 3.21. The molecule has 1 aliphatic carbocycles. The number of ether oxygens (including phenoxy) is 1. The van der Waals surface area contributed by atoms with Crippen LogP contribution >= 0.6 is 0 Å². The number of aliphatic hydroxyl groups excluding tert-OH is 1. The lowest BCUT2D eigenvalue weighted by Crippen LogP contribution is -2.54. The zero-order valence-electron chi connectivity index (χ0n) is 11.0. The highest BCUT2D eigenvalue weighted by Crippen LogP contribution is 2.31. The summed E-state index contributed by atoms with van der Waals surface area (Å²) in [6.07, 6.45) is 8.23. The third-order valence-electron chi connectivity index (χ3n) is 4.60. The van der Waals surface area contributed by atoms with Crippen LogP contribution in [0.3, 0.4) is 0 Å². The average molecular weight is 241 g/mol. The maximum atomic E-state index is 10.2. The maximum absolute atomic E-state index is 10.2. The van der Waals surface area contributed by atoms with Gasteiger partial charge in [0.15, 0.2) is 0 Å². The van der Waals surface area contributed by atoms with E-state index in [1.54, 1.807) is 0 Å². The molecule has 17 heavy (non-hydrogen) atoms. The van der Waals surface area contributed by atoms with Crippen molar-refractivity contribution in [1.29, 1.82) is 0 Å². The van der Waals surface area contributed by atoms with Crippen LogP contribution < -0.4 is 5.73 Å². The average Bonchev–Trinajstić information content (AvgIpc) is 2.29. The molecule has 0 aromatic heterocycles. The van der Waals surface area contributed by atoms with Gasteiger partial charge in [0, 0.05) is 12.0 Å². The number of rotatable bonds is 5. The number of hydrogen-bond donors (Lipinski definition) is 2. The molecule has 3 N–H and O–H groups in total. The molecule has 0 radical (unpaired) electrons. The van der Waals surface area contributed by atoms with Crippen molar-refractivity contribution in [2.24, 2.45) is 17.6 Å². The standard InChI is InChI=1S/C14H27NO2/c1-2-11-9-17-14(11)13(16)12(15)8-10-6-4-3-5-7-10/h10-14,16H,2-9,15H2,1H3/t11?,12?,13-,14?/m0/s1. The van der Waals surface area contributed by atoms with Gasteiger partial charge in [0.2, 0.25) is 0 Å². The highest BCUT2D eigenvalue weighted by molar-refractivity contribution is 4.90. The van der Waals surface area contributed by atoms with Crippen molar-refractivity contribution in [1.82, 2.24) is 0 Å². The molecule has 2 fully saturated rings. The van der Waals surface area contributed by atoms with Gasteiger partial charge in [-0.1, -0.05) is 39.0 Å². The molecule has 2 aliphatic rings. The number of nitrogens with two attached hydrogens (primary N) is 1. The Bertz CT molecular complexity index is 226. The highest BCUT2D eigenvalue weighted by Gasteiger charge is 2.39. The normalized spacial score (nSPS) is 34.1. The SMILES string of the molecule is CCC1COC1[C@@H](O)C(N)CC1CCCCC1. The minimum absolute atomic E-state index is 0.00131. The third-order valence-corrected chi connectivity index (χ3v) is 4.60. The molecule has 0 aromatic rings. The van der Waals surface area contributed by atoms with E-state index in [9.17, 15) is 5.11 Å². The fourth-order valence-electron chi connectivity index (χ4n) is 3.26. The van der Waals surface area contributed by atoms with E-state index < -0.39 is 6.10 Å². The smallest absolute Gasteiger partial charge is 0.0955 e. The Morgan fingerprint density at radius 3 is 2.53 bits per heavy atom. The van der Waals surface area contributed by atoms with Gasteiger partial charge >= 0.3 is 0 Å². The summed E-state index contributed by atoms with van der Waals surface area (Å²) in [4.78, 5) is 0. The molecule has 0 bridgehead atoms. The molecule has 0 amide bonds. The Kier molecular flexibility index (Phi) is 4.83. The quantitative estimate of drug-likeness (QED) is 0.774. The van der Waals surface area contributed by atoms with Crippen molar-refractivity contribution < 1.29 is 9.84 Å². The molecule has 0 spiro atoms. The molecule has 4 atom stereocenters. The van der Waals surface area contributed by atoms with E-state index in [1.165, 1.54) is 32.1 Å². The van der Waals surface area contributed by atoms with Crippen LogP contribution in [0.5, 0.6) is 0 Å². The zero-order valence-corrected chi connectivity index (χ0v) is 11.0. The van der Waals surface area contributed by atoms with Crippen molar-refractivity contribution in [2.45, 2.75) is 70.1 Å². The zero-order chi connectivity index (χ0) is 12.3. The van der Waals surface area contributed by atoms with Crippen molar-refractivity contribution in [3.05, 3.63) is 0 Å². The van der Waals surface area contributed by atoms with Crippen molar-refractivity contribution in [2.75, 3.05) is 6.61 Å². The van der Waals surface area contributed by atoms with E-state index in [2.05, 4.69) is 6.92 Å². The second kappa shape index (κ2) is 6.17. The monoisotopic (exact) mass is 241 g/mol. The summed E-state index contributed by atoms with van der Waals surface area (Å²) >= 11 is 0. The minimum atomic E-state index is -0.462. The Balaban J connectivity index is 1.76. The van der Waals surface area contributed by atoms with E-state index in [0.717, 1.165) is 25.4 Å². The summed E-state index contributed by atoms with van der Waals surface area (Å²) in [7, 11) is 0. The molecular formula is C14H27NO2. The van der Waals surface area contributed by atoms with E-state index in [4.69, 9.17) is 10.5 Å². The predicted molar refractivity (Wildman–Crippen MR) is 68.7 cm³/mol. The summed E-state index contributed by atoms with van der Waals surface area (Å²) in [5.74, 6) is 1.25. The predicted octanol–water partition coefficient (Wildman–Crippen LogP) is 2.07. The van der Waals surface area contributed by atoms with E-state index in [-0.39, 0.29) is 12.1 Å². The molecule has 100 valence electrons. The fraction of sp³-hybridized carbons (Fsp3) is 1.00. The first-order valence-corrected chi connectivity index (χ1v) is 7.27. The van der Waals surface area contributed by atoms with E-state index >= 15 is 0 Å². The van der Waals surface area contributed by atoms with Crippen molar-refractivity contribution in [3.63, 3.8) is 0 Å². The van der Waals surface area contributed by atoms with Crippen LogP contribution in [-0.4, -0.2) is 30.0 Å². The molecule has 0 aromatic carbocycles. The summed E-state index contributed by atoms with van der Waals surface area (Å²) in [6.45, 7) is 2.95. The molecule has 1 heterocycles. The van der Waals surface area contributed by atoms with Gasteiger partial charge in [0.1, 0.15) is 0 Å². The van der Waals surface area contributed by atoms with Crippen LogP contribution in [0.4, 0.5) is 0 Å². The van der Waals surface area contributed by atoms with Crippen molar-refractivity contribution >= 4 is 0 Å². The maximum Gasteiger partial charge on any atom is 0.0955 e. The van der Waals surface area contributed by atoms with Gasteiger partial charge in [-0.2, -0.15) is 0 Å². The summed E-state index contributed by atoms with van der Waals surface area (Å²) in [5.41, 5.74) is 6.15. The number of aliphatic hydroxyl groups is 1. The molecule has 1 saturated heterocycles. The van der Waals surface area contributed by atoms with Crippen LogP contribution in [0, 0.1) is 11.8 Å². The lowest BCUT2D eigenvalue weighted by molar-refractivity contribution is -0.173. The van der Waals surface area contributed by atoms with Gasteiger partial charge in [-0.25, -0.2) is 0 Å². The lowest BCUT2D eigenvalue weighted by Gasteiger charge is -2.42. The fourth-order valence-corrected chi connectivity index (χ4v) is 3.26. The minimum Gasteiger partial charge on any atom is -0.389 e. The molecular weight excluding hydrogens is 214 g/mol.